The van der Waals surface area contributed by atoms with Crippen LogP contribution in [0.5, 0.6) is 17.2 Å². The third-order valence-electron chi connectivity index (χ3n) is 8.23. The second-order valence-corrected chi connectivity index (χ2v) is 12.0. The molecule has 9 nitrogen and oxygen atoms in total. The average molecular weight is 642 g/mol. The van der Waals surface area contributed by atoms with Crippen LogP contribution in [0, 0.1) is 11.7 Å². The van der Waals surface area contributed by atoms with Crippen molar-refractivity contribution < 1.29 is 33.7 Å². The summed E-state index contributed by atoms with van der Waals surface area (Å²) in [6.07, 6.45) is -1.99. The molecule has 4 atom stereocenters. The molecular weight excluding hydrogens is 601 g/mol. The standard InChI is InChI=1S/C37H40FN3O6/c1-24-20-41(25(2)23-42)37(45)31-10-7-11-32(39-36(44)34(43)27-14-16-28(38)17-15-27)35(31)47-33(24)22-40(3)21-26-12-18-30(19-13-26)46-29-8-5-4-6-9-29/h4-19,24-25,33-34,42-43H,20-23H2,1-3H3,(H,39,44)/t24-,25?,33-,34?/m1/s1. The number of halogens is 1. The topological polar surface area (TPSA) is 112 Å². The fraction of sp³-hybridized carbons (Fsp3) is 0.297. The van der Waals surface area contributed by atoms with Crippen molar-refractivity contribution in [3.05, 3.63) is 120 Å². The number of benzene rings is 4. The van der Waals surface area contributed by atoms with E-state index >= 15 is 0 Å². The Labute approximate surface area is 274 Å². The van der Waals surface area contributed by atoms with E-state index in [0.29, 0.717) is 19.6 Å². The van der Waals surface area contributed by atoms with Crippen LogP contribution in [-0.2, 0) is 11.3 Å². The van der Waals surface area contributed by atoms with Crippen LogP contribution in [0.3, 0.4) is 0 Å². The molecule has 4 aromatic rings. The van der Waals surface area contributed by atoms with Crippen LogP contribution >= 0.6 is 0 Å². The van der Waals surface area contributed by atoms with Gasteiger partial charge in [0.05, 0.1) is 23.9 Å². The Bertz CT molecular complexity index is 1650. The van der Waals surface area contributed by atoms with Gasteiger partial charge in [-0.15, -0.1) is 0 Å². The van der Waals surface area contributed by atoms with Gasteiger partial charge in [-0.1, -0.05) is 55.5 Å². The van der Waals surface area contributed by atoms with Crippen molar-refractivity contribution in [2.24, 2.45) is 5.92 Å². The lowest BCUT2D eigenvalue weighted by Gasteiger charge is -2.38. The van der Waals surface area contributed by atoms with Crippen molar-refractivity contribution >= 4 is 17.5 Å². The number of carbonyl (C=O) groups excluding carboxylic acids is 2. The molecule has 4 aromatic carbocycles. The number of hydrogen-bond acceptors (Lipinski definition) is 7. The molecule has 3 N–H and O–H groups in total. The van der Waals surface area contributed by atoms with Gasteiger partial charge in [-0.05, 0) is 73.6 Å². The minimum Gasteiger partial charge on any atom is -0.486 e. The number of likely N-dealkylation sites (N-methyl/N-ethyl adjacent to an activating group) is 1. The number of carbonyl (C=O) groups is 2. The Morgan fingerprint density at radius 3 is 2.38 bits per heavy atom. The molecular formula is C37H40FN3O6. The van der Waals surface area contributed by atoms with Crippen LogP contribution in [0.25, 0.3) is 0 Å². The Kier molecular flexibility index (Phi) is 10.9. The van der Waals surface area contributed by atoms with E-state index < -0.39 is 30.0 Å². The van der Waals surface area contributed by atoms with E-state index in [1.807, 2.05) is 68.6 Å². The minimum absolute atomic E-state index is 0.154. The first-order chi connectivity index (χ1) is 22.6. The largest absolute Gasteiger partial charge is 0.486 e. The van der Waals surface area contributed by atoms with Crippen molar-refractivity contribution in [2.75, 3.05) is 32.1 Å². The highest BCUT2D eigenvalue weighted by atomic mass is 19.1. The minimum atomic E-state index is -1.58. The molecule has 1 aliphatic heterocycles. The molecule has 0 saturated heterocycles. The second kappa shape index (κ2) is 15.2. The maximum absolute atomic E-state index is 13.8. The fourth-order valence-corrected chi connectivity index (χ4v) is 5.53. The van der Waals surface area contributed by atoms with E-state index in [9.17, 15) is 24.2 Å². The average Bonchev–Trinajstić information content (AvgIpc) is 3.07. The predicted molar refractivity (Wildman–Crippen MR) is 177 cm³/mol. The molecule has 2 amide bonds. The van der Waals surface area contributed by atoms with Gasteiger partial charge in [0, 0.05) is 25.6 Å². The third kappa shape index (κ3) is 8.34. The van der Waals surface area contributed by atoms with Crippen molar-refractivity contribution in [3.63, 3.8) is 0 Å². The lowest BCUT2D eigenvalue weighted by Crippen LogP contribution is -2.49. The smallest absolute Gasteiger partial charge is 0.258 e. The first-order valence-corrected chi connectivity index (χ1v) is 15.6. The number of aliphatic hydroxyl groups is 2. The van der Waals surface area contributed by atoms with E-state index in [0.717, 1.165) is 29.2 Å². The van der Waals surface area contributed by atoms with Gasteiger partial charge in [0.2, 0.25) is 0 Å². The van der Waals surface area contributed by atoms with Crippen molar-refractivity contribution in [1.82, 2.24) is 9.80 Å². The molecule has 0 aromatic heterocycles. The summed E-state index contributed by atoms with van der Waals surface area (Å²) in [5.41, 5.74) is 1.73. The zero-order valence-electron chi connectivity index (χ0n) is 26.7. The maximum atomic E-state index is 13.8. The fourth-order valence-electron chi connectivity index (χ4n) is 5.53. The van der Waals surface area contributed by atoms with Gasteiger partial charge >= 0.3 is 0 Å². The van der Waals surface area contributed by atoms with Crippen LogP contribution in [0.4, 0.5) is 10.1 Å². The molecule has 0 bridgehead atoms. The van der Waals surface area contributed by atoms with Gasteiger partial charge < -0.3 is 29.9 Å². The number of ether oxygens (including phenoxy) is 2. The van der Waals surface area contributed by atoms with Crippen LogP contribution in [-0.4, -0.2) is 70.7 Å². The van der Waals surface area contributed by atoms with Gasteiger partial charge in [0.15, 0.2) is 11.9 Å². The summed E-state index contributed by atoms with van der Waals surface area (Å²) >= 11 is 0. The molecule has 0 saturated carbocycles. The van der Waals surface area contributed by atoms with E-state index in [-0.39, 0.29) is 41.0 Å². The molecule has 0 spiro atoms. The molecule has 47 heavy (non-hydrogen) atoms. The van der Waals surface area contributed by atoms with Crippen LogP contribution < -0.4 is 14.8 Å². The van der Waals surface area contributed by atoms with Gasteiger partial charge in [-0.3, -0.25) is 14.5 Å². The number of rotatable bonds is 11. The van der Waals surface area contributed by atoms with E-state index in [1.54, 1.807) is 30.0 Å². The van der Waals surface area contributed by atoms with Crippen LogP contribution in [0.2, 0.25) is 0 Å². The molecule has 5 rings (SSSR count). The molecule has 1 heterocycles. The Hall–Kier alpha value is -4.77. The highest BCUT2D eigenvalue weighted by Crippen LogP contribution is 2.35. The van der Waals surface area contributed by atoms with Gasteiger partial charge in [-0.25, -0.2) is 4.39 Å². The lowest BCUT2D eigenvalue weighted by atomic mass is 9.98. The van der Waals surface area contributed by atoms with E-state index in [1.165, 1.54) is 12.1 Å². The van der Waals surface area contributed by atoms with Crippen molar-refractivity contribution in [2.45, 2.75) is 38.6 Å². The summed E-state index contributed by atoms with van der Waals surface area (Å²) in [6.45, 7) is 5.00. The van der Waals surface area contributed by atoms with E-state index in [2.05, 4.69) is 10.2 Å². The highest BCUT2D eigenvalue weighted by molar-refractivity contribution is 6.02. The summed E-state index contributed by atoms with van der Waals surface area (Å²) < 4.78 is 25.9. The molecule has 246 valence electrons. The number of aliphatic hydroxyl groups excluding tert-OH is 2. The number of nitrogens with one attached hydrogen (secondary N) is 1. The van der Waals surface area contributed by atoms with Gasteiger partial charge in [-0.2, -0.15) is 0 Å². The Balaban J connectivity index is 1.36. The first kappa shape index (κ1) is 33.6. The molecule has 0 aliphatic carbocycles. The van der Waals surface area contributed by atoms with Gasteiger partial charge in [0.25, 0.3) is 11.8 Å². The van der Waals surface area contributed by atoms with Crippen LogP contribution in [0.15, 0.2) is 97.1 Å². The zero-order chi connectivity index (χ0) is 33.5. The molecule has 0 radical (unpaired) electrons. The highest BCUT2D eigenvalue weighted by Gasteiger charge is 2.35. The quantitative estimate of drug-likeness (QED) is 0.194. The summed E-state index contributed by atoms with van der Waals surface area (Å²) in [7, 11) is 1.98. The SMILES string of the molecule is CC(CO)N1C[C@@H](C)[C@@H](CN(C)Cc2ccc(Oc3ccccc3)cc2)Oc2c(NC(=O)C(O)c3ccc(F)cc3)cccc2C1=O. The zero-order valence-corrected chi connectivity index (χ0v) is 26.7. The number of nitrogens with zero attached hydrogens (tertiary/aromatic N) is 2. The Morgan fingerprint density at radius 1 is 1.02 bits per heavy atom. The van der Waals surface area contributed by atoms with Crippen molar-refractivity contribution in [3.8, 4) is 17.2 Å². The number of para-hydroxylation sites is 2. The summed E-state index contributed by atoms with van der Waals surface area (Å²) in [5.74, 6) is -0.0648. The van der Waals surface area contributed by atoms with Crippen LogP contribution in [0.1, 0.15) is 41.4 Å². The second-order valence-electron chi connectivity index (χ2n) is 12.0. The van der Waals surface area contributed by atoms with Crippen molar-refractivity contribution in [1.29, 1.82) is 0 Å². The van der Waals surface area contributed by atoms with E-state index in [4.69, 9.17) is 9.47 Å². The molecule has 0 fully saturated rings. The monoisotopic (exact) mass is 641 g/mol. The number of hydrogen-bond donors (Lipinski definition) is 3. The Morgan fingerprint density at radius 2 is 1.70 bits per heavy atom. The first-order valence-electron chi connectivity index (χ1n) is 15.6. The van der Waals surface area contributed by atoms with Gasteiger partial charge in [0.1, 0.15) is 23.4 Å². The number of fused-ring (bicyclic) bond motifs is 1. The summed E-state index contributed by atoms with van der Waals surface area (Å²) in [6, 6.07) is 26.8. The number of amides is 2. The number of anilines is 1. The lowest BCUT2D eigenvalue weighted by molar-refractivity contribution is -0.124. The predicted octanol–water partition coefficient (Wildman–Crippen LogP) is 5.64. The summed E-state index contributed by atoms with van der Waals surface area (Å²) in [4.78, 5) is 30.7. The normalized spacial score (nSPS) is 17.6. The third-order valence-corrected chi connectivity index (χ3v) is 8.23. The molecule has 10 heteroatoms. The molecule has 2 unspecified atom stereocenters. The molecule has 1 aliphatic rings. The summed E-state index contributed by atoms with van der Waals surface area (Å²) in [5, 5.41) is 23.4. The maximum Gasteiger partial charge on any atom is 0.258 e.